The van der Waals surface area contributed by atoms with Gasteiger partial charge in [0.05, 0.1) is 11.4 Å². The Morgan fingerprint density at radius 1 is 1.08 bits per heavy atom. The molecular formula is C18H21F2N3O2. The lowest BCUT2D eigenvalue weighted by Crippen LogP contribution is -2.31. The second-order valence-corrected chi connectivity index (χ2v) is 5.72. The molecule has 7 heteroatoms. The first-order valence-electron chi connectivity index (χ1n) is 7.69. The summed E-state index contributed by atoms with van der Waals surface area (Å²) < 4.78 is 28.6. The molecule has 0 saturated heterocycles. The summed E-state index contributed by atoms with van der Waals surface area (Å²) >= 11 is 0. The van der Waals surface area contributed by atoms with Gasteiger partial charge < -0.3 is 19.9 Å². The van der Waals surface area contributed by atoms with E-state index < -0.39 is 6.61 Å². The van der Waals surface area contributed by atoms with E-state index in [-0.39, 0.29) is 11.8 Å². The van der Waals surface area contributed by atoms with Gasteiger partial charge in [-0.1, -0.05) is 24.3 Å². The third kappa shape index (κ3) is 5.34. The number of amides is 2. The van der Waals surface area contributed by atoms with E-state index in [4.69, 9.17) is 0 Å². The predicted octanol–water partition coefficient (Wildman–Crippen LogP) is 4.02. The van der Waals surface area contributed by atoms with Crippen molar-refractivity contribution in [1.29, 1.82) is 0 Å². The quantitative estimate of drug-likeness (QED) is 0.857. The first-order chi connectivity index (χ1) is 11.9. The van der Waals surface area contributed by atoms with Crippen LogP contribution in [0.3, 0.4) is 0 Å². The number of benzene rings is 2. The molecule has 2 aromatic rings. The van der Waals surface area contributed by atoms with E-state index in [1.54, 1.807) is 19.2 Å². The lowest BCUT2D eigenvalue weighted by atomic mass is 10.2. The molecule has 5 nitrogen and oxygen atoms in total. The second-order valence-electron chi connectivity index (χ2n) is 5.72. The molecule has 0 aliphatic heterocycles. The SMILES string of the molecule is CN(Cc1ccc(OC(F)F)cc1)C(=O)Nc1ccccc1N(C)C. The van der Waals surface area contributed by atoms with E-state index >= 15 is 0 Å². The minimum Gasteiger partial charge on any atom is -0.435 e. The number of para-hydroxylation sites is 2. The van der Waals surface area contributed by atoms with Crippen LogP contribution in [0, 0.1) is 0 Å². The van der Waals surface area contributed by atoms with Crippen LogP contribution in [-0.2, 0) is 6.54 Å². The van der Waals surface area contributed by atoms with Crippen molar-refractivity contribution >= 4 is 17.4 Å². The summed E-state index contributed by atoms with van der Waals surface area (Å²) in [6, 6.07) is 13.4. The molecule has 0 saturated carbocycles. The van der Waals surface area contributed by atoms with Crippen molar-refractivity contribution in [2.45, 2.75) is 13.2 Å². The van der Waals surface area contributed by atoms with E-state index in [1.807, 2.05) is 43.3 Å². The van der Waals surface area contributed by atoms with Gasteiger partial charge in [0, 0.05) is 27.7 Å². The van der Waals surface area contributed by atoms with Crippen molar-refractivity contribution < 1.29 is 18.3 Å². The Balaban J connectivity index is 1.99. The van der Waals surface area contributed by atoms with Crippen molar-refractivity contribution in [3.8, 4) is 5.75 Å². The second kappa shape index (κ2) is 8.32. The van der Waals surface area contributed by atoms with Gasteiger partial charge in [-0.05, 0) is 29.8 Å². The fourth-order valence-corrected chi connectivity index (χ4v) is 2.30. The van der Waals surface area contributed by atoms with Gasteiger partial charge in [0.1, 0.15) is 5.75 Å². The van der Waals surface area contributed by atoms with Crippen molar-refractivity contribution in [2.24, 2.45) is 0 Å². The fraction of sp³-hybridized carbons (Fsp3) is 0.278. The van der Waals surface area contributed by atoms with Gasteiger partial charge in [0.15, 0.2) is 0 Å². The summed E-state index contributed by atoms with van der Waals surface area (Å²) in [4.78, 5) is 15.8. The number of ether oxygens (including phenoxy) is 1. The standard InChI is InChI=1S/C18H21F2N3O2/c1-22(2)16-7-5-4-6-15(16)21-18(24)23(3)12-13-8-10-14(11-9-13)25-17(19)20/h4-11,17H,12H2,1-3H3,(H,21,24). The Morgan fingerprint density at radius 3 is 2.32 bits per heavy atom. The molecular weight excluding hydrogens is 328 g/mol. The van der Waals surface area contributed by atoms with Gasteiger partial charge in [-0.25, -0.2) is 4.79 Å². The Bertz CT molecular complexity index is 706. The molecule has 0 aliphatic rings. The molecule has 2 amide bonds. The molecule has 2 rings (SSSR count). The van der Waals surface area contributed by atoms with E-state index in [0.29, 0.717) is 12.2 Å². The maximum absolute atomic E-state index is 12.4. The monoisotopic (exact) mass is 349 g/mol. The van der Waals surface area contributed by atoms with Crippen LogP contribution in [0.25, 0.3) is 0 Å². The third-order valence-corrected chi connectivity index (χ3v) is 3.54. The summed E-state index contributed by atoms with van der Waals surface area (Å²) in [5.41, 5.74) is 2.42. The van der Waals surface area contributed by atoms with Gasteiger partial charge in [-0.15, -0.1) is 0 Å². The summed E-state index contributed by atoms with van der Waals surface area (Å²) in [5.74, 6) is 0.0887. The first-order valence-corrected chi connectivity index (χ1v) is 7.69. The van der Waals surface area contributed by atoms with Crippen LogP contribution in [0.2, 0.25) is 0 Å². The number of anilines is 2. The number of hydrogen-bond donors (Lipinski definition) is 1. The van der Waals surface area contributed by atoms with Crippen LogP contribution in [-0.4, -0.2) is 38.7 Å². The van der Waals surface area contributed by atoms with Crippen molar-refractivity contribution in [3.63, 3.8) is 0 Å². The predicted molar refractivity (Wildman–Crippen MR) is 94.3 cm³/mol. The molecule has 0 radical (unpaired) electrons. The first kappa shape index (κ1) is 18.5. The molecule has 0 bridgehead atoms. The lowest BCUT2D eigenvalue weighted by Gasteiger charge is -2.22. The molecule has 0 aliphatic carbocycles. The van der Waals surface area contributed by atoms with Gasteiger partial charge in [0.25, 0.3) is 0 Å². The topological polar surface area (TPSA) is 44.8 Å². The Labute approximate surface area is 145 Å². The molecule has 134 valence electrons. The highest BCUT2D eigenvalue weighted by atomic mass is 19.3. The molecule has 0 spiro atoms. The highest BCUT2D eigenvalue weighted by molar-refractivity contribution is 5.93. The van der Waals surface area contributed by atoms with Crippen LogP contribution in [0.15, 0.2) is 48.5 Å². The lowest BCUT2D eigenvalue weighted by molar-refractivity contribution is -0.0498. The Morgan fingerprint density at radius 2 is 1.72 bits per heavy atom. The number of rotatable bonds is 6. The minimum atomic E-state index is -2.85. The summed E-state index contributed by atoms with van der Waals surface area (Å²) in [5, 5.41) is 2.87. The number of nitrogens with one attached hydrogen (secondary N) is 1. The Kier molecular flexibility index (Phi) is 6.16. The van der Waals surface area contributed by atoms with E-state index in [9.17, 15) is 13.6 Å². The van der Waals surface area contributed by atoms with Crippen LogP contribution < -0.4 is 15.0 Å². The molecule has 0 heterocycles. The highest BCUT2D eigenvalue weighted by Gasteiger charge is 2.12. The summed E-state index contributed by atoms with van der Waals surface area (Å²) in [7, 11) is 5.46. The largest absolute Gasteiger partial charge is 0.435 e. The zero-order chi connectivity index (χ0) is 18.4. The average molecular weight is 349 g/mol. The van der Waals surface area contributed by atoms with E-state index in [2.05, 4.69) is 10.1 Å². The number of carbonyl (C=O) groups excluding carboxylic acids is 1. The third-order valence-electron chi connectivity index (χ3n) is 3.54. The van der Waals surface area contributed by atoms with Crippen molar-refractivity contribution in [1.82, 2.24) is 4.90 Å². The number of nitrogens with zero attached hydrogens (tertiary/aromatic N) is 2. The smallest absolute Gasteiger partial charge is 0.387 e. The van der Waals surface area contributed by atoms with Crippen molar-refractivity contribution in [3.05, 3.63) is 54.1 Å². The van der Waals surface area contributed by atoms with Crippen molar-refractivity contribution in [2.75, 3.05) is 31.4 Å². The van der Waals surface area contributed by atoms with Gasteiger partial charge in [0.2, 0.25) is 0 Å². The van der Waals surface area contributed by atoms with Crippen LogP contribution in [0.1, 0.15) is 5.56 Å². The number of hydrogen-bond acceptors (Lipinski definition) is 3. The molecule has 0 atom stereocenters. The molecule has 0 unspecified atom stereocenters. The van der Waals surface area contributed by atoms with Crippen LogP contribution in [0.5, 0.6) is 5.75 Å². The molecule has 1 N–H and O–H groups in total. The number of carbonyl (C=O) groups is 1. The fourth-order valence-electron chi connectivity index (χ4n) is 2.30. The number of urea groups is 1. The molecule has 0 fully saturated rings. The zero-order valence-corrected chi connectivity index (χ0v) is 14.4. The van der Waals surface area contributed by atoms with E-state index in [0.717, 1.165) is 11.3 Å². The molecule has 2 aromatic carbocycles. The van der Waals surface area contributed by atoms with Crippen LogP contribution >= 0.6 is 0 Å². The maximum atomic E-state index is 12.4. The zero-order valence-electron chi connectivity index (χ0n) is 14.4. The Hall–Kier alpha value is -2.83. The number of alkyl halides is 2. The molecule has 25 heavy (non-hydrogen) atoms. The maximum Gasteiger partial charge on any atom is 0.387 e. The normalized spacial score (nSPS) is 10.5. The van der Waals surface area contributed by atoms with E-state index in [1.165, 1.54) is 17.0 Å². The molecule has 0 aromatic heterocycles. The average Bonchev–Trinajstić information content (AvgIpc) is 2.56. The summed E-state index contributed by atoms with van der Waals surface area (Å²) in [6.07, 6.45) is 0. The van der Waals surface area contributed by atoms with Gasteiger partial charge in [-0.2, -0.15) is 8.78 Å². The number of halogens is 2. The van der Waals surface area contributed by atoms with Crippen LogP contribution in [0.4, 0.5) is 25.0 Å². The minimum absolute atomic E-state index is 0.0887. The highest BCUT2D eigenvalue weighted by Crippen LogP contribution is 2.24. The summed E-state index contributed by atoms with van der Waals surface area (Å²) in [6.45, 7) is -2.51. The van der Waals surface area contributed by atoms with Gasteiger partial charge >= 0.3 is 12.6 Å². The van der Waals surface area contributed by atoms with Gasteiger partial charge in [-0.3, -0.25) is 0 Å².